The van der Waals surface area contributed by atoms with Crippen molar-refractivity contribution in [2.75, 3.05) is 10.8 Å². The Morgan fingerprint density at radius 2 is 1.87 bits per heavy atom. The number of nitrogens with one attached hydrogen (secondary N) is 1. The van der Waals surface area contributed by atoms with E-state index in [1.54, 1.807) is 67.7 Å². The minimum absolute atomic E-state index is 0.0733. The van der Waals surface area contributed by atoms with Crippen LogP contribution in [-0.4, -0.2) is 32.1 Å². The molecule has 0 radical (unpaired) electrons. The molecule has 0 saturated carbocycles. The Kier molecular flexibility index (Phi) is 6.81. The third-order valence-electron chi connectivity index (χ3n) is 4.12. The third-order valence-corrected chi connectivity index (χ3v) is 6.13. The molecule has 1 amide bonds. The average Bonchev–Trinajstić information content (AvgIpc) is 2.74. The van der Waals surface area contributed by atoms with E-state index in [1.807, 2.05) is 0 Å². The molecule has 0 spiro atoms. The molecule has 1 N–H and O–H groups in total. The summed E-state index contributed by atoms with van der Waals surface area (Å²) >= 11 is 6.01. The maximum Gasteiger partial charge on any atom is 0.264 e. The van der Waals surface area contributed by atoms with Crippen LogP contribution < -0.4 is 9.73 Å². The predicted molar refractivity (Wildman–Crippen MR) is 117 cm³/mol. The van der Waals surface area contributed by atoms with Crippen molar-refractivity contribution < 1.29 is 13.2 Å². The van der Waals surface area contributed by atoms with Crippen LogP contribution in [0.15, 0.2) is 82.9 Å². The Labute approximate surface area is 180 Å². The molecule has 0 unspecified atom stereocenters. The fourth-order valence-electron chi connectivity index (χ4n) is 2.71. The van der Waals surface area contributed by atoms with Crippen molar-refractivity contribution in [1.29, 1.82) is 0 Å². The highest BCUT2D eigenvalue weighted by Gasteiger charge is 2.28. The van der Waals surface area contributed by atoms with Crippen molar-refractivity contribution in [1.82, 2.24) is 10.4 Å². The third kappa shape index (κ3) is 5.22. The second kappa shape index (κ2) is 9.51. The van der Waals surface area contributed by atoms with E-state index in [4.69, 9.17) is 11.6 Å². The minimum Gasteiger partial charge on any atom is -0.271 e. The lowest BCUT2D eigenvalue weighted by Gasteiger charge is -2.25. The Bertz CT molecular complexity index is 1150. The fourth-order valence-corrected chi connectivity index (χ4v) is 4.44. The minimum atomic E-state index is -4.00. The maximum absolute atomic E-state index is 13.3. The predicted octanol–water partition coefficient (Wildman–Crippen LogP) is 3.39. The molecule has 30 heavy (non-hydrogen) atoms. The summed E-state index contributed by atoms with van der Waals surface area (Å²) in [6.45, 7) is 1.27. The molecule has 0 saturated heterocycles. The number of halogens is 1. The maximum atomic E-state index is 13.3. The molecule has 0 bridgehead atoms. The van der Waals surface area contributed by atoms with E-state index in [1.165, 1.54) is 18.3 Å². The number of amides is 1. The van der Waals surface area contributed by atoms with Gasteiger partial charge in [0.25, 0.3) is 15.9 Å². The number of rotatable bonds is 7. The van der Waals surface area contributed by atoms with Gasteiger partial charge in [-0.05, 0) is 55.0 Å². The van der Waals surface area contributed by atoms with E-state index in [0.717, 1.165) is 4.31 Å². The van der Waals surface area contributed by atoms with E-state index >= 15 is 0 Å². The number of hydrogen-bond donors (Lipinski definition) is 1. The first-order chi connectivity index (χ1) is 14.4. The highest BCUT2D eigenvalue weighted by molar-refractivity contribution is 7.92. The van der Waals surface area contributed by atoms with Crippen molar-refractivity contribution in [3.05, 3.63) is 89.2 Å². The molecule has 9 heteroatoms. The SMILES string of the molecule is Cc1cc(Cl)ccc1N(CC(=O)N/N=C\c1ccccn1)S(=O)(=O)c1ccccc1. The normalized spacial score (nSPS) is 11.4. The second-order valence-electron chi connectivity index (χ2n) is 6.30. The van der Waals surface area contributed by atoms with Gasteiger partial charge in [-0.15, -0.1) is 0 Å². The monoisotopic (exact) mass is 442 g/mol. The summed E-state index contributed by atoms with van der Waals surface area (Å²) in [4.78, 5) is 16.6. The number of nitrogens with zero attached hydrogens (tertiary/aromatic N) is 3. The highest BCUT2D eigenvalue weighted by atomic mass is 35.5. The molecule has 0 aliphatic heterocycles. The molecule has 0 atom stereocenters. The standard InChI is InChI=1S/C21H19ClN4O3S/c1-16-13-17(22)10-11-20(16)26(30(28,29)19-8-3-2-4-9-19)15-21(27)25-24-14-18-7-5-6-12-23-18/h2-14H,15H2,1H3,(H,25,27)/b24-14-. The molecule has 0 fully saturated rings. The van der Waals surface area contributed by atoms with Gasteiger partial charge in [0, 0.05) is 11.2 Å². The van der Waals surface area contributed by atoms with Gasteiger partial charge in [-0.25, -0.2) is 13.8 Å². The van der Waals surface area contributed by atoms with Gasteiger partial charge in [-0.3, -0.25) is 14.1 Å². The van der Waals surface area contributed by atoms with Crippen LogP contribution in [0.25, 0.3) is 0 Å². The first-order valence-corrected chi connectivity index (χ1v) is 10.8. The number of anilines is 1. The fraction of sp³-hybridized carbons (Fsp3) is 0.0952. The molecule has 0 aliphatic rings. The van der Waals surface area contributed by atoms with Gasteiger partial charge in [0.1, 0.15) is 6.54 Å². The summed E-state index contributed by atoms with van der Waals surface area (Å²) < 4.78 is 27.6. The number of carbonyl (C=O) groups is 1. The van der Waals surface area contributed by atoms with Gasteiger partial charge in [0.15, 0.2) is 0 Å². The summed E-state index contributed by atoms with van der Waals surface area (Å²) in [7, 11) is -4.00. The van der Waals surface area contributed by atoms with Gasteiger partial charge >= 0.3 is 0 Å². The number of hydrogen-bond acceptors (Lipinski definition) is 5. The Hall–Kier alpha value is -3.23. The zero-order valence-corrected chi connectivity index (χ0v) is 17.6. The number of benzene rings is 2. The summed E-state index contributed by atoms with van der Waals surface area (Å²) in [5.74, 6) is -0.601. The van der Waals surface area contributed by atoms with E-state index in [9.17, 15) is 13.2 Å². The molecule has 2 aromatic carbocycles. The topological polar surface area (TPSA) is 91.7 Å². The molecule has 154 valence electrons. The van der Waals surface area contributed by atoms with Crippen LogP contribution in [0.5, 0.6) is 0 Å². The Morgan fingerprint density at radius 3 is 2.53 bits per heavy atom. The summed E-state index contributed by atoms with van der Waals surface area (Å²) in [6.07, 6.45) is 2.97. The lowest BCUT2D eigenvalue weighted by atomic mass is 10.2. The van der Waals surface area contributed by atoms with Crippen LogP contribution in [0.3, 0.4) is 0 Å². The smallest absolute Gasteiger partial charge is 0.264 e. The largest absolute Gasteiger partial charge is 0.271 e. The number of carbonyl (C=O) groups excluding carboxylic acids is 1. The zero-order chi connectivity index (χ0) is 21.6. The average molecular weight is 443 g/mol. The quantitative estimate of drug-likeness (QED) is 0.448. The van der Waals surface area contributed by atoms with Crippen molar-refractivity contribution in [3.8, 4) is 0 Å². The van der Waals surface area contributed by atoms with Gasteiger partial charge in [0.2, 0.25) is 0 Å². The molecular weight excluding hydrogens is 424 g/mol. The van der Waals surface area contributed by atoms with Crippen LogP contribution in [0.4, 0.5) is 5.69 Å². The molecule has 3 rings (SSSR count). The van der Waals surface area contributed by atoms with Crippen molar-refractivity contribution in [3.63, 3.8) is 0 Å². The number of hydrazone groups is 1. The number of sulfonamides is 1. The molecule has 0 aliphatic carbocycles. The van der Waals surface area contributed by atoms with Crippen molar-refractivity contribution in [2.24, 2.45) is 5.10 Å². The van der Waals surface area contributed by atoms with Gasteiger partial charge in [0.05, 0.1) is 22.5 Å². The Balaban J connectivity index is 1.88. The van der Waals surface area contributed by atoms with Crippen LogP contribution in [-0.2, 0) is 14.8 Å². The number of aromatic nitrogens is 1. The van der Waals surface area contributed by atoms with Gasteiger partial charge in [-0.1, -0.05) is 35.9 Å². The lowest BCUT2D eigenvalue weighted by Crippen LogP contribution is -2.40. The number of aryl methyl sites for hydroxylation is 1. The summed E-state index contributed by atoms with van der Waals surface area (Å²) in [6, 6.07) is 18.0. The lowest BCUT2D eigenvalue weighted by molar-refractivity contribution is -0.119. The van der Waals surface area contributed by atoms with Gasteiger partial charge < -0.3 is 0 Å². The number of pyridine rings is 1. The van der Waals surface area contributed by atoms with E-state index in [2.05, 4.69) is 15.5 Å². The molecule has 1 aromatic heterocycles. The first-order valence-electron chi connectivity index (χ1n) is 8.95. The second-order valence-corrected chi connectivity index (χ2v) is 8.60. The van der Waals surface area contributed by atoms with E-state index in [0.29, 0.717) is 22.0 Å². The van der Waals surface area contributed by atoms with Crippen LogP contribution >= 0.6 is 11.6 Å². The van der Waals surface area contributed by atoms with Crippen LogP contribution in [0, 0.1) is 6.92 Å². The molecule has 7 nitrogen and oxygen atoms in total. The van der Waals surface area contributed by atoms with Crippen LogP contribution in [0.2, 0.25) is 5.02 Å². The highest BCUT2D eigenvalue weighted by Crippen LogP contribution is 2.28. The van der Waals surface area contributed by atoms with E-state index in [-0.39, 0.29) is 4.90 Å². The molecule has 1 heterocycles. The van der Waals surface area contributed by atoms with Crippen molar-refractivity contribution in [2.45, 2.75) is 11.8 Å². The van der Waals surface area contributed by atoms with Crippen molar-refractivity contribution >= 4 is 39.4 Å². The van der Waals surface area contributed by atoms with Gasteiger partial charge in [-0.2, -0.15) is 5.10 Å². The Morgan fingerprint density at radius 1 is 1.13 bits per heavy atom. The van der Waals surface area contributed by atoms with E-state index < -0.39 is 22.5 Å². The zero-order valence-electron chi connectivity index (χ0n) is 16.1. The molecular formula is C21H19ClN4O3S. The summed E-state index contributed by atoms with van der Waals surface area (Å²) in [5.41, 5.74) is 3.87. The van der Waals surface area contributed by atoms with Crippen LogP contribution in [0.1, 0.15) is 11.3 Å². The molecule has 3 aromatic rings. The first kappa shape index (κ1) is 21.5. The summed E-state index contributed by atoms with van der Waals surface area (Å²) in [5, 5.41) is 4.32.